The van der Waals surface area contributed by atoms with Crippen LogP contribution in [0.1, 0.15) is 5.56 Å². The molecule has 3 aromatic rings. The minimum absolute atomic E-state index is 0.0537. The van der Waals surface area contributed by atoms with Crippen LogP contribution in [0.3, 0.4) is 0 Å². The van der Waals surface area contributed by atoms with Crippen LogP contribution in [-0.4, -0.2) is 13.0 Å². The summed E-state index contributed by atoms with van der Waals surface area (Å²) in [6.07, 6.45) is -4.60. The van der Waals surface area contributed by atoms with Crippen molar-refractivity contribution in [2.75, 3.05) is 0 Å². The van der Waals surface area contributed by atoms with Crippen LogP contribution >= 0.6 is 11.3 Å². The maximum Gasteiger partial charge on any atom is 0.416 e. The summed E-state index contributed by atoms with van der Waals surface area (Å²) in [4.78, 5) is 10.9. The van der Waals surface area contributed by atoms with Crippen LogP contribution in [0.5, 0.6) is 0 Å². The second-order valence-corrected chi connectivity index (χ2v) is 7.81. The van der Waals surface area contributed by atoms with Crippen molar-refractivity contribution in [2.24, 2.45) is 5.14 Å². The first kappa shape index (κ1) is 19.3. The molecule has 5 nitrogen and oxygen atoms in total. The highest BCUT2D eigenvalue weighted by molar-refractivity contribution is 7.89. The largest absolute Gasteiger partial charge is 0.416 e. The molecule has 0 bridgehead atoms. The Hall–Kier alpha value is -2.50. The van der Waals surface area contributed by atoms with Crippen LogP contribution in [0.15, 0.2) is 57.5 Å². The van der Waals surface area contributed by atoms with Gasteiger partial charge >= 0.3 is 11.0 Å². The van der Waals surface area contributed by atoms with Gasteiger partial charge < -0.3 is 0 Å². The molecule has 2 N–H and O–H groups in total. The zero-order valence-corrected chi connectivity index (χ0v) is 14.8. The summed E-state index contributed by atoms with van der Waals surface area (Å²) in [5.41, 5.74) is -0.776. The van der Waals surface area contributed by atoms with E-state index in [1.165, 1.54) is 17.5 Å². The standard InChI is InChI=1S/C16H10F4N2O3S2/c17-12-6-9(4-5-14(12)27(21,24)25)13-8-26-15(23)22(13)11-3-1-2-10(7-11)16(18,19)20/h1-8H,(H2,21,24,25). The molecule has 0 aliphatic heterocycles. The van der Waals surface area contributed by atoms with Crippen molar-refractivity contribution >= 4 is 21.4 Å². The maximum atomic E-state index is 14.1. The van der Waals surface area contributed by atoms with Crippen molar-refractivity contribution in [3.8, 4) is 16.9 Å². The molecule has 1 aromatic heterocycles. The Morgan fingerprint density at radius 2 is 1.78 bits per heavy atom. The molecule has 0 radical (unpaired) electrons. The number of primary sulfonamides is 1. The molecule has 0 saturated carbocycles. The first-order valence-corrected chi connectivity index (χ1v) is 9.62. The topological polar surface area (TPSA) is 82.2 Å². The van der Waals surface area contributed by atoms with E-state index in [0.29, 0.717) is 11.3 Å². The molecular formula is C16H10F4N2O3S2. The van der Waals surface area contributed by atoms with Gasteiger partial charge in [-0.15, -0.1) is 0 Å². The van der Waals surface area contributed by atoms with E-state index < -0.39 is 37.3 Å². The van der Waals surface area contributed by atoms with E-state index in [-0.39, 0.29) is 16.9 Å². The third-order valence-electron chi connectivity index (χ3n) is 3.66. The van der Waals surface area contributed by atoms with E-state index in [2.05, 4.69) is 0 Å². The summed E-state index contributed by atoms with van der Waals surface area (Å²) in [5.74, 6) is -1.13. The number of halogens is 4. The zero-order chi connectivity index (χ0) is 20.0. The third-order valence-corrected chi connectivity index (χ3v) is 5.33. The molecule has 2 aromatic carbocycles. The molecule has 0 fully saturated rings. The molecular weight excluding hydrogens is 408 g/mol. The number of rotatable bonds is 3. The first-order chi connectivity index (χ1) is 12.5. The van der Waals surface area contributed by atoms with Crippen molar-refractivity contribution in [3.63, 3.8) is 0 Å². The monoisotopic (exact) mass is 418 g/mol. The Morgan fingerprint density at radius 3 is 2.37 bits per heavy atom. The number of hydrogen-bond donors (Lipinski definition) is 1. The van der Waals surface area contributed by atoms with Crippen LogP contribution in [0.25, 0.3) is 16.9 Å². The first-order valence-electron chi connectivity index (χ1n) is 7.19. The smallest absolute Gasteiger partial charge is 0.267 e. The van der Waals surface area contributed by atoms with Crippen molar-refractivity contribution in [3.05, 3.63) is 68.9 Å². The predicted octanol–water partition coefficient (Wildman–Crippen LogP) is 3.37. The van der Waals surface area contributed by atoms with E-state index in [1.54, 1.807) is 0 Å². The molecule has 0 aliphatic carbocycles. The molecule has 27 heavy (non-hydrogen) atoms. The number of aromatic nitrogens is 1. The van der Waals surface area contributed by atoms with Gasteiger partial charge in [-0.05, 0) is 30.3 Å². The van der Waals surface area contributed by atoms with Crippen LogP contribution in [-0.2, 0) is 16.2 Å². The fourth-order valence-electron chi connectivity index (χ4n) is 2.46. The summed E-state index contributed by atoms with van der Waals surface area (Å²) in [6.45, 7) is 0. The molecule has 0 spiro atoms. The molecule has 0 amide bonds. The Kier molecular flexibility index (Phi) is 4.70. The number of benzene rings is 2. The highest BCUT2D eigenvalue weighted by atomic mass is 32.2. The fourth-order valence-corrected chi connectivity index (χ4v) is 3.82. The average molecular weight is 418 g/mol. The van der Waals surface area contributed by atoms with E-state index in [1.807, 2.05) is 0 Å². The minimum atomic E-state index is -4.60. The van der Waals surface area contributed by atoms with Gasteiger partial charge in [0.2, 0.25) is 10.0 Å². The quantitative estimate of drug-likeness (QED) is 0.662. The van der Waals surface area contributed by atoms with Gasteiger partial charge in [-0.2, -0.15) is 13.2 Å². The summed E-state index contributed by atoms with van der Waals surface area (Å²) in [7, 11) is -4.28. The summed E-state index contributed by atoms with van der Waals surface area (Å²) in [5, 5.41) is 6.24. The number of nitrogens with zero attached hydrogens (tertiary/aromatic N) is 1. The molecule has 3 rings (SSSR count). The lowest BCUT2D eigenvalue weighted by atomic mass is 10.1. The second kappa shape index (κ2) is 6.59. The fraction of sp³-hybridized carbons (Fsp3) is 0.0625. The lowest BCUT2D eigenvalue weighted by Crippen LogP contribution is -2.15. The highest BCUT2D eigenvalue weighted by Gasteiger charge is 2.30. The van der Waals surface area contributed by atoms with Gasteiger partial charge in [0.05, 0.1) is 16.9 Å². The lowest BCUT2D eigenvalue weighted by molar-refractivity contribution is -0.137. The number of nitrogens with two attached hydrogens (primary N) is 1. The Labute approximate surface area is 154 Å². The Balaban J connectivity index is 2.17. The molecule has 0 atom stereocenters. The number of sulfonamides is 1. The predicted molar refractivity (Wildman–Crippen MR) is 91.7 cm³/mol. The number of hydrogen-bond acceptors (Lipinski definition) is 4. The van der Waals surface area contributed by atoms with Crippen LogP contribution in [0, 0.1) is 5.82 Å². The van der Waals surface area contributed by atoms with Gasteiger partial charge in [0.25, 0.3) is 0 Å². The van der Waals surface area contributed by atoms with Crippen molar-refractivity contribution < 1.29 is 26.0 Å². The molecule has 1 heterocycles. The van der Waals surface area contributed by atoms with Crippen molar-refractivity contribution in [2.45, 2.75) is 11.1 Å². The van der Waals surface area contributed by atoms with Crippen molar-refractivity contribution in [1.82, 2.24) is 4.57 Å². The van der Waals surface area contributed by atoms with Crippen LogP contribution in [0.4, 0.5) is 17.6 Å². The SMILES string of the molecule is NS(=O)(=O)c1ccc(-c2csc(=O)n2-c2cccc(C(F)(F)F)c2)cc1F. The van der Waals surface area contributed by atoms with E-state index in [4.69, 9.17) is 5.14 Å². The zero-order valence-electron chi connectivity index (χ0n) is 13.2. The Bertz CT molecular complexity index is 1180. The third kappa shape index (κ3) is 3.80. The normalized spacial score (nSPS) is 12.3. The molecule has 142 valence electrons. The van der Waals surface area contributed by atoms with E-state index in [0.717, 1.165) is 34.9 Å². The van der Waals surface area contributed by atoms with E-state index in [9.17, 15) is 30.8 Å². The number of thiazole rings is 1. The van der Waals surface area contributed by atoms with Crippen molar-refractivity contribution in [1.29, 1.82) is 0 Å². The van der Waals surface area contributed by atoms with Gasteiger partial charge in [0.1, 0.15) is 10.7 Å². The lowest BCUT2D eigenvalue weighted by Gasteiger charge is -2.12. The maximum absolute atomic E-state index is 14.1. The van der Waals surface area contributed by atoms with Gasteiger partial charge in [0, 0.05) is 10.9 Å². The highest BCUT2D eigenvalue weighted by Crippen LogP contribution is 2.32. The Morgan fingerprint density at radius 1 is 1.07 bits per heavy atom. The second-order valence-electron chi connectivity index (χ2n) is 5.46. The minimum Gasteiger partial charge on any atom is -0.267 e. The molecule has 0 aliphatic rings. The van der Waals surface area contributed by atoms with Gasteiger partial charge in [-0.25, -0.2) is 17.9 Å². The van der Waals surface area contributed by atoms with Crippen LogP contribution in [0.2, 0.25) is 0 Å². The van der Waals surface area contributed by atoms with Gasteiger partial charge in [-0.3, -0.25) is 9.36 Å². The average Bonchev–Trinajstić information content (AvgIpc) is 2.94. The summed E-state index contributed by atoms with van der Waals surface area (Å²) >= 11 is 0.710. The van der Waals surface area contributed by atoms with Crippen LogP contribution < -0.4 is 10.0 Å². The van der Waals surface area contributed by atoms with Gasteiger partial charge in [0.15, 0.2) is 0 Å². The van der Waals surface area contributed by atoms with E-state index >= 15 is 0 Å². The molecule has 11 heteroatoms. The summed E-state index contributed by atoms with van der Waals surface area (Å²) in [6, 6.07) is 7.12. The molecule has 0 saturated heterocycles. The number of alkyl halides is 3. The summed E-state index contributed by atoms with van der Waals surface area (Å²) < 4.78 is 76.5. The molecule has 0 unspecified atom stereocenters. The van der Waals surface area contributed by atoms with Gasteiger partial charge in [-0.1, -0.05) is 23.5 Å².